The molecule has 0 radical (unpaired) electrons. The minimum Gasteiger partial charge on any atom is -0.352 e. The van der Waals surface area contributed by atoms with Crippen molar-refractivity contribution in [2.45, 2.75) is 20.3 Å². The maximum absolute atomic E-state index is 14.5. The van der Waals surface area contributed by atoms with Gasteiger partial charge in [0.05, 0.1) is 5.69 Å². The number of fused-ring (bicyclic) bond motifs is 5. The monoisotopic (exact) mass is 454 g/mol. The van der Waals surface area contributed by atoms with Crippen LogP contribution in [0.2, 0.25) is 0 Å². The number of carbonyl (C=O) groups excluding carboxylic acids is 1. The molecule has 8 heteroatoms. The number of carbonyl (C=O) groups is 1. The number of aryl methyl sites for hydroxylation is 2. The van der Waals surface area contributed by atoms with Gasteiger partial charge >= 0.3 is 0 Å². The number of rotatable bonds is 0. The highest BCUT2D eigenvalue weighted by Gasteiger charge is 2.14. The number of hydrogen-bond acceptors (Lipinski definition) is 6. The molecule has 0 aliphatic carbocycles. The van der Waals surface area contributed by atoms with Crippen LogP contribution in [-0.2, 0) is 6.42 Å². The van der Waals surface area contributed by atoms with Crippen LogP contribution in [0.3, 0.4) is 0 Å². The Morgan fingerprint density at radius 3 is 2.65 bits per heavy atom. The third kappa shape index (κ3) is 4.43. The number of aromatic nitrogens is 3. The van der Waals surface area contributed by atoms with Crippen LogP contribution in [0.25, 0.3) is 11.1 Å². The molecular weight excluding hydrogens is 431 g/mol. The van der Waals surface area contributed by atoms with E-state index in [4.69, 9.17) is 0 Å². The highest BCUT2D eigenvalue weighted by atomic mass is 19.1. The lowest BCUT2D eigenvalue weighted by Crippen LogP contribution is -2.26. The molecule has 0 saturated heterocycles. The number of pyridine rings is 1. The van der Waals surface area contributed by atoms with Gasteiger partial charge < -0.3 is 16.0 Å². The molecule has 3 N–H and O–H groups in total. The van der Waals surface area contributed by atoms with E-state index in [1.165, 1.54) is 6.20 Å². The van der Waals surface area contributed by atoms with Crippen molar-refractivity contribution in [3.63, 3.8) is 0 Å². The molecular formula is C26H23FN6O. The number of anilines is 4. The summed E-state index contributed by atoms with van der Waals surface area (Å²) in [6, 6.07) is 15.1. The van der Waals surface area contributed by atoms with Crippen molar-refractivity contribution in [1.29, 1.82) is 0 Å². The third-order valence-electron chi connectivity index (χ3n) is 5.75. The normalized spacial score (nSPS) is 13.1. The summed E-state index contributed by atoms with van der Waals surface area (Å²) in [5, 5.41) is 9.26. The quantitative estimate of drug-likeness (QED) is 0.322. The first kappa shape index (κ1) is 21.5. The summed E-state index contributed by atoms with van der Waals surface area (Å²) in [6.45, 7) is 4.29. The van der Waals surface area contributed by atoms with E-state index >= 15 is 0 Å². The number of nitrogens with one attached hydrogen (secondary N) is 3. The van der Waals surface area contributed by atoms with Gasteiger partial charge in [-0.25, -0.2) is 9.97 Å². The first-order chi connectivity index (χ1) is 16.5. The Bertz CT molecular complexity index is 1400. The Balaban J connectivity index is 1.60. The van der Waals surface area contributed by atoms with Crippen molar-refractivity contribution >= 4 is 29.0 Å². The van der Waals surface area contributed by atoms with Crippen LogP contribution in [-0.4, -0.2) is 27.4 Å². The molecule has 4 aromatic rings. The molecule has 6 rings (SSSR count). The van der Waals surface area contributed by atoms with E-state index in [-0.39, 0.29) is 17.5 Å². The molecule has 2 aliphatic rings. The van der Waals surface area contributed by atoms with Gasteiger partial charge in [-0.2, -0.15) is 9.37 Å². The average Bonchev–Trinajstić information content (AvgIpc) is 2.82. The molecule has 8 bridgehead atoms. The van der Waals surface area contributed by atoms with E-state index < -0.39 is 5.95 Å². The van der Waals surface area contributed by atoms with Gasteiger partial charge in [0.1, 0.15) is 5.82 Å². The molecule has 1 amide bonds. The van der Waals surface area contributed by atoms with Gasteiger partial charge in [-0.05, 0) is 61.2 Å². The molecule has 0 fully saturated rings. The topological polar surface area (TPSA) is 91.8 Å². The van der Waals surface area contributed by atoms with Crippen LogP contribution < -0.4 is 16.0 Å². The zero-order valence-electron chi connectivity index (χ0n) is 18.8. The fraction of sp³-hybridized carbons (Fsp3) is 0.154. The molecule has 0 spiro atoms. The summed E-state index contributed by atoms with van der Waals surface area (Å²) in [7, 11) is 0. The second-order valence-corrected chi connectivity index (χ2v) is 8.27. The molecule has 0 atom stereocenters. The van der Waals surface area contributed by atoms with E-state index in [9.17, 15) is 9.18 Å². The number of benzene rings is 2. The van der Waals surface area contributed by atoms with Crippen molar-refractivity contribution in [1.82, 2.24) is 20.3 Å². The van der Waals surface area contributed by atoms with Crippen LogP contribution in [0.5, 0.6) is 0 Å². The second kappa shape index (κ2) is 8.90. The fourth-order valence-electron chi connectivity index (χ4n) is 3.90. The van der Waals surface area contributed by atoms with Crippen molar-refractivity contribution in [2.24, 2.45) is 0 Å². The Morgan fingerprint density at radius 2 is 1.79 bits per heavy atom. The predicted octanol–water partition coefficient (Wildman–Crippen LogP) is 5.07. The van der Waals surface area contributed by atoms with Crippen LogP contribution >= 0.6 is 0 Å². The van der Waals surface area contributed by atoms with E-state index in [0.717, 1.165) is 27.9 Å². The van der Waals surface area contributed by atoms with E-state index in [1.807, 2.05) is 50.2 Å². The second-order valence-electron chi connectivity index (χ2n) is 8.27. The fourth-order valence-corrected chi connectivity index (χ4v) is 3.90. The zero-order chi connectivity index (χ0) is 23.7. The number of nitrogens with zero attached hydrogens (tertiary/aromatic N) is 3. The Labute approximate surface area is 196 Å². The number of halogens is 1. The van der Waals surface area contributed by atoms with Crippen LogP contribution in [0.1, 0.15) is 27.0 Å². The lowest BCUT2D eigenvalue weighted by atomic mass is 10.00. The largest absolute Gasteiger partial charge is 0.352 e. The summed E-state index contributed by atoms with van der Waals surface area (Å²) >= 11 is 0. The molecule has 2 aromatic heterocycles. The first-order valence-electron chi connectivity index (χ1n) is 11.0. The van der Waals surface area contributed by atoms with E-state index in [2.05, 4.69) is 30.9 Å². The van der Waals surface area contributed by atoms with E-state index in [0.29, 0.717) is 29.9 Å². The third-order valence-corrected chi connectivity index (χ3v) is 5.75. The molecule has 2 aliphatic heterocycles. The smallest absolute Gasteiger partial charge is 0.251 e. The minimum absolute atomic E-state index is 0.127. The molecule has 34 heavy (non-hydrogen) atoms. The van der Waals surface area contributed by atoms with Crippen molar-refractivity contribution < 1.29 is 9.18 Å². The summed E-state index contributed by atoms with van der Waals surface area (Å²) < 4.78 is 14.5. The lowest BCUT2D eigenvalue weighted by Gasteiger charge is -2.12. The minimum atomic E-state index is -0.659. The molecule has 7 nitrogen and oxygen atoms in total. The average molecular weight is 455 g/mol. The van der Waals surface area contributed by atoms with Crippen LogP contribution in [0.15, 0.2) is 60.9 Å². The van der Waals surface area contributed by atoms with Gasteiger partial charge in [-0.1, -0.05) is 24.3 Å². The summed E-state index contributed by atoms with van der Waals surface area (Å²) in [5.41, 5.74) is 5.89. The van der Waals surface area contributed by atoms with Gasteiger partial charge in [0.15, 0.2) is 0 Å². The number of amides is 1. The maximum atomic E-state index is 14.5. The number of hydrogen-bond donors (Lipinski definition) is 3. The maximum Gasteiger partial charge on any atom is 0.251 e. The SMILES string of the molecule is Cc1cc2ccc1C(=O)NCCc1cccc(c1)Nc1nc(ncc1C)Nc1cc-2cnc1F. The lowest BCUT2D eigenvalue weighted by molar-refractivity contribution is 0.0953. The van der Waals surface area contributed by atoms with Crippen LogP contribution in [0, 0.1) is 19.8 Å². The molecule has 0 unspecified atom stereocenters. The Morgan fingerprint density at radius 1 is 0.912 bits per heavy atom. The highest BCUT2D eigenvalue weighted by molar-refractivity contribution is 5.96. The highest BCUT2D eigenvalue weighted by Crippen LogP contribution is 2.28. The molecule has 0 saturated carbocycles. The van der Waals surface area contributed by atoms with Crippen LogP contribution in [0.4, 0.5) is 27.5 Å². The molecule has 170 valence electrons. The summed E-state index contributed by atoms with van der Waals surface area (Å²) in [5.74, 6) is 0.0733. The van der Waals surface area contributed by atoms with Crippen molar-refractivity contribution in [3.05, 3.63) is 89.1 Å². The van der Waals surface area contributed by atoms with Gasteiger partial charge in [0.2, 0.25) is 11.9 Å². The van der Waals surface area contributed by atoms with E-state index in [1.54, 1.807) is 18.3 Å². The summed E-state index contributed by atoms with van der Waals surface area (Å²) in [6.07, 6.45) is 3.83. The van der Waals surface area contributed by atoms with Gasteiger partial charge in [-0.15, -0.1) is 0 Å². The van der Waals surface area contributed by atoms with Gasteiger partial charge in [-0.3, -0.25) is 4.79 Å². The van der Waals surface area contributed by atoms with Crippen molar-refractivity contribution in [3.8, 4) is 11.1 Å². The van der Waals surface area contributed by atoms with Gasteiger partial charge in [0.25, 0.3) is 5.91 Å². The summed E-state index contributed by atoms with van der Waals surface area (Å²) in [4.78, 5) is 25.5. The Kier molecular flexibility index (Phi) is 5.63. The predicted molar refractivity (Wildman–Crippen MR) is 130 cm³/mol. The Hall–Kier alpha value is -4.33. The first-order valence-corrected chi connectivity index (χ1v) is 11.0. The molecule has 2 aromatic carbocycles. The van der Waals surface area contributed by atoms with Gasteiger partial charge in [0, 0.05) is 41.3 Å². The zero-order valence-corrected chi connectivity index (χ0v) is 18.8. The standard InChI is InChI=1S/C26H23FN6O/c1-15-10-18-6-7-21(15)25(34)28-9-8-17-4-3-5-20(11-17)31-24-16(2)13-30-26(33-24)32-22-12-19(18)14-29-23(22)27/h3-7,10-14H,8-9H2,1-2H3,(H,28,34)(H2,30,31,32,33). The van der Waals surface area contributed by atoms with Crippen molar-refractivity contribution in [2.75, 3.05) is 17.2 Å². The molecule has 4 heterocycles.